The van der Waals surface area contributed by atoms with Crippen molar-refractivity contribution < 1.29 is 4.79 Å². The van der Waals surface area contributed by atoms with Crippen LogP contribution in [-0.2, 0) is 4.79 Å². The predicted octanol–water partition coefficient (Wildman–Crippen LogP) is 2.88. The number of nitrogens with zero attached hydrogens (tertiary/aromatic N) is 2. The Hall–Kier alpha value is -1.89. The summed E-state index contributed by atoms with van der Waals surface area (Å²) in [4.78, 5) is 16.3. The number of carbonyl (C=O) groups excluding carboxylic acids is 1. The zero-order chi connectivity index (χ0) is 12.8. The van der Waals surface area contributed by atoms with Gasteiger partial charge in [-0.25, -0.2) is 0 Å². The van der Waals surface area contributed by atoms with Crippen LogP contribution in [0.3, 0.4) is 0 Å². The Morgan fingerprint density at radius 2 is 2.06 bits per heavy atom. The van der Waals surface area contributed by atoms with Gasteiger partial charge in [-0.15, -0.1) is 0 Å². The van der Waals surface area contributed by atoms with E-state index in [9.17, 15) is 10.1 Å². The lowest BCUT2D eigenvalue weighted by Gasteiger charge is -2.23. The molecule has 4 heteroatoms. The highest BCUT2D eigenvalue weighted by Crippen LogP contribution is 2.35. The number of pyridine rings is 1. The molecule has 0 aliphatic heterocycles. The third kappa shape index (κ3) is 2.67. The Kier molecular flexibility index (Phi) is 3.93. The lowest BCUT2D eigenvalue weighted by atomic mass is 9.81. The third-order valence-electron chi connectivity index (χ3n) is 3.53. The van der Waals surface area contributed by atoms with Gasteiger partial charge in [0.05, 0.1) is 18.0 Å². The van der Waals surface area contributed by atoms with Crippen molar-refractivity contribution in [3.63, 3.8) is 0 Å². The molecule has 4 nitrogen and oxygen atoms in total. The number of anilines is 1. The molecule has 1 N–H and O–H groups in total. The molecule has 1 aliphatic rings. The summed E-state index contributed by atoms with van der Waals surface area (Å²) >= 11 is 0. The minimum absolute atomic E-state index is 0.181. The van der Waals surface area contributed by atoms with Gasteiger partial charge in [0.1, 0.15) is 5.41 Å². The summed E-state index contributed by atoms with van der Waals surface area (Å²) in [6, 6.07) is 5.80. The first-order chi connectivity index (χ1) is 8.77. The van der Waals surface area contributed by atoms with Gasteiger partial charge in [0.25, 0.3) is 0 Å². The van der Waals surface area contributed by atoms with Gasteiger partial charge < -0.3 is 5.32 Å². The Balaban J connectivity index is 2.12. The van der Waals surface area contributed by atoms with Crippen LogP contribution in [0.2, 0.25) is 0 Å². The van der Waals surface area contributed by atoms with Gasteiger partial charge >= 0.3 is 0 Å². The van der Waals surface area contributed by atoms with E-state index >= 15 is 0 Å². The molecular weight excluding hydrogens is 226 g/mol. The molecule has 0 radical (unpaired) electrons. The van der Waals surface area contributed by atoms with E-state index in [2.05, 4.69) is 16.4 Å². The highest BCUT2D eigenvalue weighted by Gasteiger charge is 2.38. The molecule has 18 heavy (non-hydrogen) atoms. The fraction of sp³-hybridized carbons (Fsp3) is 0.500. The summed E-state index contributed by atoms with van der Waals surface area (Å²) < 4.78 is 0. The molecule has 0 spiro atoms. The highest BCUT2D eigenvalue weighted by molar-refractivity contribution is 5.97. The fourth-order valence-electron chi connectivity index (χ4n) is 2.41. The van der Waals surface area contributed by atoms with Crippen LogP contribution in [0.5, 0.6) is 0 Å². The van der Waals surface area contributed by atoms with E-state index < -0.39 is 5.41 Å². The molecule has 0 bridgehead atoms. The largest absolute Gasteiger partial charge is 0.323 e. The number of nitriles is 1. The van der Waals surface area contributed by atoms with Crippen molar-refractivity contribution >= 4 is 11.6 Å². The van der Waals surface area contributed by atoms with Crippen LogP contribution in [0.15, 0.2) is 24.5 Å². The summed E-state index contributed by atoms with van der Waals surface area (Å²) in [7, 11) is 0. The second-order valence-electron chi connectivity index (χ2n) is 4.80. The molecule has 0 saturated heterocycles. The lowest BCUT2D eigenvalue weighted by molar-refractivity contribution is -0.123. The first-order valence-corrected chi connectivity index (χ1v) is 6.40. The zero-order valence-corrected chi connectivity index (χ0v) is 10.4. The van der Waals surface area contributed by atoms with Crippen LogP contribution in [-0.4, -0.2) is 10.9 Å². The Morgan fingerprint density at radius 1 is 1.33 bits per heavy atom. The van der Waals surface area contributed by atoms with E-state index in [1.54, 1.807) is 24.5 Å². The van der Waals surface area contributed by atoms with Crippen LogP contribution in [0, 0.1) is 16.7 Å². The maximum atomic E-state index is 12.3. The maximum Gasteiger partial charge on any atom is 0.244 e. The van der Waals surface area contributed by atoms with Gasteiger partial charge in [0, 0.05) is 6.20 Å². The summed E-state index contributed by atoms with van der Waals surface area (Å²) in [5.74, 6) is -0.181. The van der Waals surface area contributed by atoms with Crippen LogP contribution in [0.25, 0.3) is 0 Å². The van der Waals surface area contributed by atoms with Gasteiger partial charge in [0.2, 0.25) is 5.91 Å². The summed E-state index contributed by atoms with van der Waals surface area (Å²) in [5.41, 5.74) is -0.201. The second kappa shape index (κ2) is 5.63. The molecule has 0 unspecified atom stereocenters. The van der Waals surface area contributed by atoms with E-state index in [0.717, 1.165) is 25.7 Å². The van der Waals surface area contributed by atoms with Crippen LogP contribution in [0.4, 0.5) is 5.69 Å². The van der Waals surface area contributed by atoms with Crippen LogP contribution < -0.4 is 5.32 Å². The Labute approximate surface area is 107 Å². The van der Waals surface area contributed by atoms with Crippen molar-refractivity contribution in [1.29, 1.82) is 5.26 Å². The van der Waals surface area contributed by atoms with Gasteiger partial charge in [-0.05, 0) is 25.0 Å². The van der Waals surface area contributed by atoms with Gasteiger partial charge in [-0.1, -0.05) is 25.7 Å². The standard InChI is InChI=1S/C14H17N3O/c15-11-14(7-3-1-2-4-8-14)13(18)17-12-6-5-9-16-10-12/h5-6,9-10H,1-4,7-8H2,(H,17,18). The molecule has 1 aliphatic carbocycles. The molecule has 1 heterocycles. The van der Waals surface area contributed by atoms with Crippen molar-refractivity contribution in [2.24, 2.45) is 5.41 Å². The summed E-state index contributed by atoms with van der Waals surface area (Å²) in [6.07, 6.45) is 8.71. The first kappa shape index (κ1) is 12.6. The van der Waals surface area contributed by atoms with Gasteiger partial charge in [-0.3, -0.25) is 9.78 Å². The SMILES string of the molecule is N#CC1(C(=O)Nc2cccnc2)CCCCCC1. The second-order valence-corrected chi connectivity index (χ2v) is 4.80. The normalized spacial score (nSPS) is 18.4. The van der Waals surface area contributed by atoms with Crippen molar-refractivity contribution in [2.45, 2.75) is 38.5 Å². The minimum Gasteiger partial charge on any atom is -0.323 e. The molecule has 1 aromatic heterocycles. The number of rotatable bonds is 2. The first-order valence-electron chi connectivity index (χ1n) is 6.40. The average Bonchev–Trinajstić information content (AvgIpc) is 2.66. The van der Waals surface area contributed by atoms with E-state index in [0.29, 0.717) is 18.5 Å². The number of hydrogen-bond donors (Lipinski definition) is 1. The third-order valence-corrected chi connectivity index (χ3v) is 3.53. The number of amides is 1. The van der Waals surface area contributed by atoms with E-state index in [1.165, 1.54) is 0 Å². The summed E-state index contributed by atoms with van der Waals surface area (Å²) in [6.45, 7) is 0. The van der Waals surface area contributed by atoms with E-state index in [1.807, 2.05) is 0 Å². The molecule has 1 fully saturated rings. The maximum absolute atomic E-state index is 12.3. The van der Waals surface area contributed by atoms with E-state index in [-0.39, 0.29) is 5.91 Å². The monoisotopic (exact) mass is 243 g/mol. The molecule has 1 saturated carbocycles. The quantitative estimate of drug-likeness (QED) is 0.812. The Morgan fingerprint density at radius 3 is 2.61 bits per heavy atom. The molecular formula is C14H17N3O. The van der Waals surface area contributed by atoms with Crippen molar-refractivity contribution in [3.05, 3.63) is 24.5 Å². The molecule has 0 aromatic carbocycles. The molecule has 1 amide bonds. The molecule has 0 atom stereocenters. The fourth-order valence-corrected chi connectivity index (χ4v) is 2.41. The molecule has 1 aromatic rings. The topological polar surface area (TPSA) is 65.8 Å². The van der Waals surface area contributed by atoms with Gasteiger partial charge in [0.15, 0.2) is 0 Å². The van der Waals surface area contributed by atoms with Crippen molar-refractivity contribution in [2.75, 3.05) is 5.32 Å². The predicted molar refractivity (Wildman–Crippen MR) is 68.6 cm³/mol. The minimum atomic E-state index is -0.855. The number of hydrogen-bond acceptors (Lipinski definition) is 3. The van der Waals surface area contributed by atoms with Crippen molar-refractivity contribution in [3.8, 4) is 6.07 Å². The van der Waals surface area contributed by atoms with Gasteiger partial charge in [-0.2, -0.15) is 5.26 Å². The number of carbonyl (C=O) groups is 1. The highest BCUT2D eigenvalue weighted by atomic mass is 16.2. The van der Waals surface area contributed by atoms with Crippen LogP contribution in [0.1, 0.15) is 38.5 Å². The smallest absolute Gasteiger partial charge is 0.244 e. The molecule has 94 valence electrons. The summed E-state index contributed by atoms with van der Waals surface area (Å²) in [5, 5.41) is 12.2. The Bertz CT molecular complexity index is 442. The molecule has 2 rings (SSSR count). The average molecular weight is 243 g/mol. The lowest BCUT2D eigenvalue weighted by Crippen LogP contribution is -2.34. The zero-order valence-electron chi connectivity index (χ0n) is 10.4. The number of nitrogens with one attached hydrogen (secondary N) is 1. The van der Waals surface area contributed by atoms with Crippen LogP contribution >= 0.6 is 0 Å². The number of aromatic nitrogens is 1. The van der Waals surface area contributed by atoms with Crippen molar-refractivity contribution in [1.82, 2.24) is 4.98 Å². The van der Waals surface area contributed by atoms with E-state index in [4.69, 9.17) is 0 Å².